The van der Waals surface area contributed by atoms with E-state index in [0.29, 0.717) is 11.8 Å². The van der Waals surface area contributed by atoms with Crippen LogP contribution in [0.25, 0.3) is 0 Å². The molecule has 118 valence electrons. The number of amides is 1. The van der Waals surface area contributed by atoms with Crippen molar-refractivity contribution >= 4 is 17.7 Å². The molecule has 1 aliphatic rings. The van der Waals surface area contributed by atoms with Crippen molar-refractivity contribution in [1.29, 1.82) is 0 Å². The molecule has 0 aromatic heterocycles. The van der Waals surface area contributed by atoms with E-state index >= 15 is 0 Å². The minimum Gasteiger partial charge on any atom is -0.324 e. The second-order valence-corrected chi connectivity index (χ2v) is 7.61. The van der Waals surface area contributed by atoms with Crippen molar-refractivity contribution < 1.29 is 4.79 Å². The van der Waals surface area contributed by atoms with Gasteiger partial charge in [-0.05, 0) is 37.9 Å². The first kappa shape index (κ1) is 17.8. The summed E-state index contributed by atoms with van der Waals surface area (Å²) in [4.78, 5) is 14.7. The van der Waals surface area contributed by atoms with Gasteiger partial charge in [-0.3, -0.25) is 10.1 Å². The first-order chi connectivity index (χ1) is 9.42. The SMILES string of the molecule is CCC1NC(CC(C)C)N(CC(CC)(CC)SC)C1=O. The van der Waals surface area contributed by atoms with E-state index in [0.717, 1.165) is 32.2 Å². The Morgan fingerprint density at radius 2 is 1.90 bits per heavy atom. The van der Waals surface area contributed by atoms with Crippen LogP contribution < -0.4 is 5.32 Å². The van der Waals surface area contributed by atoms with Crippen LogP contribution in [0.15, 0.2) is 0 Å². The molecular weight excluding hydrogens is 268 g/mol. The van der Waals surface area contributed by atoms with Crippen LogP contribution in [-0.4, -0.2) is 40.6 Å². The average Bonchev–Trinajstić information content (AvgIpc) is 2.72. The third-order valence-corrected chi connectivity index (χ3v) is 6.21. The van der Waals surface area contributed by atoms with Crippen molar-refractivity contribution in [2.75, 3.05) is 12.8 Å². The molecule has 1 fully saturated rings. The minimum atomic E-state index is 0.0204. The molecule has 0 aliphatic carbocycles. The van der Waals surface area contributed by atoms with Crippen molar-refractivity contribution in [2.45, 2.75) is 77.3 Å². The zero-order chi connectivity index (χ0) is 15.3. The third kappa shape index (κ3) is 3.91. The maximum Gasteiger partial charge on any atom is 0.241 e. The lowest BCUT2D eigenvalue weighted by Gasteiger charge is -2.37. The summed E-state index contributed by atoms with van der Waals surface area (Å²) in [5.41, 5.74) is 0. The largest absolute Gasteiger partial charge is 0.324 e. The highest BCUT2D eigenvalue weighted by Crippen LogP contribution is 2.33. The predicted octanol–water partition coefficient (Wildman–Crippen LogP) is 3.49. The van der Waals surface area contributed by atoms with Crippen LogP contribution in [-0.2, 0) is 4.79 Å². The molecule has 0 radical (unpaired) electrons. The van der Waals surface area contributed by atoms with E-state index in [1.807, 2.05) is 11.8 Å². The van der Waals surface area contributed by atoms with Gasteiger partial charge >= 0.3 is 0 Å². The van der Waals surface area contributed by atoms with Crippen LogP contribution in [0.1, 0.15) is 60.3 Å². The van der Waals surface area contributed by atoms with Crippen LogP contribution in [0.5, 0.6) is 0 Å². The van der Waals surface area contributed by atoms with Gasteiger partial charge < -0.3 is 4.90 Å². The molecule has 20 heavy (non-hydrogen) atoms. The van der Waals surface area contributed by atoms with Crippen LogP contribution >= 0.6 is 11.8 Å². The highest BCUT2D eigenvalue weighted by atomic mass is 32.2. The van der Waals surface area contributed by atoms with E-state index in [1.54, 1.807) is 0 Å². The highest BCUT2D eigenvalue weighted by molar-refractivity contribution is 8.00. The monoisotopic (exact) mass is 300 g/mol. The van der Waals surface area contributed by atoms with Crippen LogP contribution in [0, 0.1) is 5.92 Å². The van der Waals surface area contributed by atoms with Crippen molar-refractivity contribution in [3.8, 4) is 0 Å². The standard InChI is InChI=1S/C16H32N2OS/c1-7-13-15(19)18(14(17-13)10-12(4)5)11-16(8-2,9-3)20-6/h12-14,17H,7-11H2,1-6H3. The first-order valence-electron chi connectivity index (χ1n) is 8.04. The maximum absolute atomic E-state index is 12.6. The van der Waals surface area contributed by atoms with Gasteiger partial charge in [0.25, 0.3) is 0 Å². The van der Waals surface area contributed by atoms with Crippen molar-refractivity contribution in [2.24, 2.45) is 5.92 Å². The van der Waals surface area contributed by atoms with Crippen LogP contribution in [0.2, 0.25) is 0 Å². The molecular formula is C16H32N2OS. The van der Waals surface area contributed by atoms with Crippen molar-refractivity contribution in [3.63, 3.8) is 0 Å². The lowest BCUT2D eigenvalue weighted by Crippen LogP contribution is -2.46. The smallest absolute Gasteiger partial charge is 0.241 e. The Balaban J connectivity index is 2.88. The maximum atomic E-state index is 12.6. The predicted molar refractivity (Wildman–Crippen MR) is 89.0 cm³/mol. The van der Waals surface area contributed by atoms with E-state index in [1.165, 1.54) is 0 Å². The molecule has 0 spiro atoms. The molecule has 1 aliphatic heterocycles. The van der Waals surface area contributed by atoms with Crippen LogP contribution in [0.3, 0.4) is 0 Å². The first-order valence-corrected chi connectivity index (χ1v) is 9.27. The molecule has 1 saturated heterocycles. The summed E-state index contributed by atoms with van der Waals surface area (Å²) >= 11 is 1.91. The van der Waals surface area contributed by atoms with Gasteiger partial charge in [-0.25, -0.2) is 0 Å². The molecule has 0 aromatic carbocycles. The Bertz CT molecular complexity index is 307. The second kappa shape index (κ2) is 7.69. The zero-order valence-corrected chi connectivity index (χ0v) is 14.8. The molecule has 2 atom stereocenters. The molecule has 1 amide bonds. The fourth-order valence-corrected chi connectivity index (χ4v) is 3.85. The van der Waals surface area contributed by atoms with Crippen LogP contribution in [0.4, 0.5) is 0 Å². The lowest BCUT2D eigenvalue weighted by atomic mass is 10.00. The van der Waals surface area contributed by atoms with E-state index in [-0.39, 0.29) is 17.0 Å². The van der Waals surface area contributed by atoms with Gasteiger partial charge in [0.05, 0.1) is 12.2 Å². The van der Waals surface area contributed by atoms with Gasteiger partial charge in [-0.1, -0.05) is 34.6 Å². The van der Waals surface area contributed by atoms with E-state index in [2.05, 4.69) is 51.1 Å². The number of rotatable bonds is 8. The Morgan fingerprint density at radius 1 is 1.30 bits per heavy atom. The third-order valence-electron chi connectivity index (χ3n) is 4.63. The summed E-state index contributed by atoms with van der Waals surface area (Å²) in [6, 6.07) is 0.0204. The van der Waals surface area contributed by atoms with Gasteiger partial charge in [0, 0.05) is 11.3 Å². The number of thioether (sulfide) groups is 1. The van der Waals surface area contributed by atoms with Gasteiger partial charge in [-0.15, -0.1) is 0 Å². The summed E-state index contributed by atoms with van der Waals surface area (Å²) in [5, 5.41) is 3.53. The lowest BCUT2D eigenvalue weighted by molar-refractivity contribution is -0.130. The Labute approximate surface area is 129 Å². The minimum absolute atomic E-state index is 0.0204. The topological polar surface area (TPSA) is 32.3 Å². The number of hydrogen-bond donors (Lipinski definition) is 1. The molecule has 3 nitrogen and oxygen atoms in total. The number of carbonyl (C=O) groups is 1. The molecule has 1 rings (SSSR count). The summed E-state index contributed by atoms with van der Waals surface area (Å²) < 4.78 is 0.204. The zero-order valence-electron chi connectivity index (χ0n) is 14.0. The number of nitrogens with zero attached hydrogens (tertiary/aromatic N) is 1. The van der Waals surface area contributed by atoms with Crippen molar-refractivity contribution in [1.82, 2.24) is 10.2 Å². The summed E-state index contributed by atoms with van der Waals surface area (Å²) in [7, 11) is 0. The fourth-order valence-electron chi connectivity index (χ4n) is 3.01. The van der Waals surface area contributed by atoms with Gasteiger partial charge in [0.2, 0.25) is 5.91 Å². The highest BCUT2D eigenvalue weighted by Gasteiger charge is 2.41. The number of nitrogens with one attached hydrogen (secondary N) is 1. The van der Waals surface area contributed by atoms with E-state index in [4.69, 9.17) is 0 Å². The molecule has 0 bridgehead atoms. The summed E-state index contributed by atoms with van der Waals surface area (Å²) in [6.45, 7) is 11.9. The van der Waals surface area contributed by atoms with E-state index < -0.39 is 0 Å². The molecule has 1 N–H and O–H groups in total. The Hall–Kier alpha value is -0.220. The normalized spacial score (nSPS) is 23.9. The Kier molecular flexibility index (Phi) is 6.86. The van der Waals surface area contributed by atoms with Gasteiger partial charge in [-0.2, -0.15) is 11.8 Å². The number of hydrogen-bond acceptors (Lipinski definition) is 3. The average molecular weight is 301 g/mol. The van der Waals surface area contributed by atoms with Gasteiger partial charge in [0.15, 0.2) is 0 Å². The Morgan fingerprint density at radius 3 is 2.30 bits per heavy atom. The summed E-state index contributed by atoms with van der Waals surface area (Å²) in [5.74, 6) is 0.906. The molecule has 1 heterocycles. The molecule has 4 heteroatoms. The summed E-state index contributed by atoms with van der Waals surface area (Å²) in [6.07, 6.45) is 6.54. The van der Waals surface area contributed by atoms with E-state index in [9.17, 15) is 4.79 Å². The second-order valence-electron chi connectivity index (χ2n) is 6.33. The number of carbonyl (C=O) groups excluding carboxylic acids is 1. The fraction of sp³-hybridized carbons (Fsp3) is 0.938. The quantitative estimate of drug-likeness (QED) is 0.745. The molecule has 0 saturated carbocycles. The van der Waals surface area contributed by atoms with Gasteiger partial charge in [0.1, 0.15) is 0 Å². The van der Waals surface area contributed by atoms with Crippen molar-refractivity contribution in [3.05, 3.63) is 0 Å². The molecule has 2 unspecified atom stereocenters. The molecule has 0 aromatic rings.